The van der Waals surface area contributed by atoms with Crippen LogP contribution < -0.4 is 16.1 Å². The van der Waals surface area contributed by atoms with Crippen LogP contribution in [0.5, 0.6) is 0 Å². The Morgan fingerprint density at radius 2 is 1.95 bits per heavy atom. The molecule has 232 valence electrons. The number of H-pyrrole nitrogens is 2. The maximum absolute atomic E-state index is 13.5. The average Bonchev–Trinajstić information content (AvgIpc) is 3.64. The van der Waals surface area contributed by atoms with Crippen LogP contribution in [-0.4, -0.2) is 72.9 Å². The Morgan fingerprint density at radius 3 is 2.61 bits per heavy atom. The van der Waals surface area contributed by atoms with E-state index in [-0.39, 0.29) is 23.4 Å². The van der Waals surface area contributed by atoms with Gasteiger partial charge in [-0.25, -0.2) is 19.7 Å². The molecule has 1 aliphatic heterocycles. The Balaban J connectivity index is 1.31. The predicted octanol–water partition coefficient (Wildman–Crippen LogP) is 3.25. The van der Waals surface area contributed by atoms with Gasteiger partial charge in [0.1, 0.15) is 22.3 Å². The molecule has 0 saturated carbocycles. The summed E-state index contributed by atoms with van der Waals surface area (Å²) in [7, 11) is 1.60. The molecule has 0 aromatic carbocycles. The lowest BCUT2D eigenvalue weighted by Crippen LogP contribution is -2.35. The van der Waals surface area contributed by atoms with Gasteiger partial charge < -0.3 is 14.6 Å². The number of halogens is 1. The summed E-state index contributed by atoms with van der Waals surface area (Å²) < 4.78 is 7.22. The van der Waals surface area contributed by atoms with Crippen LogP contribution in [0.25, 0.3) is 11.2 Å². The van der Waals surface area contributed by atoms with Crippen LogP contribution in [0, 0.1) is 0 Å². The summed E-state index contributed by atoms with van der Waals surface area (Å²) >= 11 is 5.93. The zero-order chi connectivity index (χ0) is 31.2. The van der Waals surface area contributed by atoms with Gasteiger partial charge in [0.2, 0.25) is 5.91 Å². The zero-order valence-corrected chi connectivity index (χ0v) is 25.5. The number of hydrogen-bond donors (Lipinski definition) is 2. The molecule has 0 spiro atoms. The summed E-state index contributed by atoms with van der Waals surface area (Å²) in [6.45, 7) is 4.05. The number of methoxy groups -OCH3 is 1. The third kappa shape index (κ3) is 6.89. The lowest BCUT2D eigenvalue weighted by molar-refractivity contribution is -0.127. The van der Waals surface area contributed by atoms with E-state index in [0.29, 0.717) is 73.3 Å². The number of likely N-dealkylation sites (tertiary alicyclic amines) is 1. The minimum absolute atomic E-state index is 0.141. The number of anilines is 1. The van der Waals surface area contributed by atoms with Crippen molar-refractivity contribution in [2.24, 2.45) is 0 Å². The fraction of sp³-hybridized carbons (Fsp3) is 0.433. The Morgan fingerprint density at radius 1 is 1.11 bits per heavy atom. The summed E-state index contributed by atoms with van der Waals surface area (Å²) in [4.78, 5) is 72.2. The van der Waals surface area contributed by atoms with Crippen molar-refractivity contribution in [1.82, 2.24) is 34.4 Å². The van der Waals surface area contributed by atoms with Crippen LogP contribution in [0.2, 0.25) is 5.15 Å². The van der Waals surface area contributed by atoms with Gasteiger partial charge in [-0.1, -0.05) is 24.6 Å². The molecule has 0 unspecified atom stereocenters. The Labute approximate surface area is 258 Å². The first-order chi connectivity index (χ1) is 21.3. The molecule has 0 aliphatic carbocycles. The van der Waals surface area contributed by atoms with E-state index in [0.717, 1.165) is 24.9 Å². The number of carbonyl (C=O) groups excluding carboxylic acids is 2. The van der Waals surface area contributed by atoms with E-state index >= 15 is 0 Å². The standard InChI is InChI=1S/C30H35ClN8O5/c1-3-13-39-27-26(28(41)36-30(39)43)34-23(35-27)11-9-21(44-2)19-8-12-24(33-17-19)38(16-5-15-37-14-4-6-25(37)40)29(42)20-7-10-22(31)32-18-20/h7-8,10,12,17-18,21H,3-6,9,11,13-16H2,1-2H3,(H,34,35)(H,36,41,43)/t21-/m0/s1. The van der Waals surface area contributed by atoms with Crippen molar-refractivity contribution >= 4 is 40.4 Å². The molecule has 2 amide bonds. The number of hydrogen-bond acceptors (Lipinski definition) is 8. The topological polar surface area (TPSA) is 159 Å². The van der Waals surface area contributed by atoms with Crippen molar-refractivity contribution in [2.75, 3.05) is 31.6 Å². The van der Waals surface area contributed by atoms with Crippen LogP contribution >= 0.6 is 11.6 Å². The zero-order valence-electron chi connectivity index (χ0n) is 24.7. The second-order valence-electron chi connectivity index (χ2n) is 10.7. The van der Waals surface area contributed by atoms with Crippen LogP contribution in [-0.2, 0) is 22.5 Å². The molecule has 2 N–H and O–H groups in total. The normalized spacial score (nSPS) is 14.0. The lowest BCUT2D eigenvalue weighted by Gasteiger charge is -2.24. The number of nitrogens with one attached hydrogen (secondary N) is 2. The third-order valence-electron chi connectivity index (χ3n) is 7.68. The van der Waals surface area contributed by atoms with Crippen LogP contribution in [0.1, 0.15) is 66.9 Å². The van der Waals surface area contributed by atoms with Gasteiger partial charge in [-0.05, 0) is 49.4 Å². The van der Waals surface area contributed by atoms with Crippen LogP contribution in [0.15, 0.2) is 46.2 Å². The summed E-state index contributed by atoms with van der Waals surface area (Å²) in [5.74, 6) is 0.897. The van der Waals surface area contributed by atoms with Gasteiger partial charge in [-0.2, -0.15) is 0 Å². The number of carbonyl (C=O) groups is 2. The number of aryl methyl sites for hydroxylation is 2. The maximum Gasteiger partial charge on any atom is 0.330 e. The van der Waals surface area contributed by atoms with Gasteiger partial charge in [-0.15, -0.1) is 0 Å². The fourth-order valence-corrected chi connectivity index (χ4v) is 5.52. The third-order valence-corrected chi connectivity index (χ3v) is 7.90. The van der Waals surface area contributed by atoms with Crippen molar-refractivity contribution in [1.29, 1.82) is 0 Å². The molecule has 1 fully saturated rings. The predicted molar refractivity (Wildman–Crippen MR) is 165 cm³/mol. The number of amides is 2. The summed E-state index contributed by atoms with van der Waals surface area (Å²) in [6.07, 6.45) is 6.49. The smallest absolute Gasteiger partial charge is 0.330 e. The molecule has 13 nitrogen and oxygen atoms in total. The number of aromatic nitrogens is 6. The van der Waals surface area contributed by atoms with Gasteiger partial charge in [0.15, 0.2) is 5.65 Å². The van der Waals surface area contributed by atoms with Gasteiger partial charge in [0.05, 0.1) is 11.7 Å². The molecular formula is C30H35ClN8O5. The monoisotopic (exact) mass is 622 g/mol. The minimum Gasteiger partial charge on any atom is -0.377 e. The van der Waals surface area contributed by atoms with E-state index in [1.807, 2.05) is 17.9 Å². The highest BCUT2D eigenvalue weighted by atomic mass is 35.5. The van der Waals surface area contributed by atoms with Gasteiger partial charge in [-0.3, -0.25) is 28.8 Å². The summed E-state index contributed by atoms with van der Waals surface area (Å²) in [5.41, 5.74) is 0.804. The molecule has 4 aromatic heterocycles. The average molecular weight is 623 g/mol. The van der Waals surface area contributed by atoms with E-state index in [2.05, 4.69) is 24.9 Å². The lowest BCUT2D eigenvalue weighted by atomic mass is 10.1. The number of pyridine rings is 2. The summed E-state index contributed by atoms with van der Waals surface area (Å²) in [6, 6.07) is 6.82. The Hall–Kier alpha value is -4.36. The molecule has 14 heteroatoms. The first-order valence-corrected chi connectivity index (χ1v) is 15.1. The van der Waals surface area contributed by atoms with Crippen molar-refractivity contribution < 1.29 is 14.3 Å². The number of fused-ring (bicyclic) bond motifs is 1. The fourth-order valence-electron chi connectivity index (χ4n) is 5.41. The molecule has 5 heterocycles. The highest BCUT2D eigenvalue weighted by Gasteiger charge is 2.23. The molecule has 4 aromatic rings. The number of ether oxygens (including phenoxy) is 1. The molecule has 0 radical (unpaired) electrons. The number of rotatable bonds is 13. The highest BCUT2D eigenvalue weighted by molar-refractivity contribution is 6.29. The maximum atomic E-state index is 13.5. The number of aromatic amines is 2. The number of imidazole rings is 1. The second-order valence-corrected chi connectivity index (χ2v) is 11.1. The second kappa shape index (κ2) is 14.0. The summed E-state index contributed by atoms with van der Waals surface area (Å²) in [5, 5.41) is 0.290. The molecule has 44 heavy (non-hydrogen) atoms. The van der Waals surface area contributed by atoms with E-state index in [1.54, 1.807) is 36.4 Å². The van der Waals surface area contributed by atoms with Crippen molar-refractivity contribution in [3.05, 3.63) is 79.6 Å². The molecule has 1 aliphatic rings. The molecule has 5 rings (SSSR count). The van der Waals surface area contributed by atoms with E-state index in [1.165, 1.54) is 10.8 Å². The molecule has 1 saturated heterocycles. The largest absolute Gasteiger partial charge is 0.377 e. The Kier molecular flexibility index (Phi) is 9.85. The first kappa shape index (κ1) is 31.1. The quantitative estimate of drug-likeness (QED) is 0.215. The van der Waals surface area contributed by atoms with Crippen molar-refractivity contribution in [3.63, 3.8) is 0 Å². The van der Waals surface area contributed by atoms with Crippen molar-refractivity contribution in [3.8, 4) is 0 Å². The van der Waals surface area contributed by atoms with Crippen LogP contribution in [0.4, 0.5) is 5.82 Å². The minimum atomic E-state index is -0.500. The highest BCUT2D eigenvalue weighted by Crippen LogP contribution is 2.25. The molecular weight excluding hydrogens is 588 g/mol. The van der Waals surface area contributed by atoms with Gasteiger partial charge >= 0.3 is 5.69 Å². The number of nitrogens with zero attached hydrogens (tertiary/aromatic N) is 6. The molecule has 1 atom stereocenters. The van der Waals surface area contributed by atoms with E-state index < -0.39 is 11.2 Å². The van der Waals surface area contributed by atoms with E-state index in [9.17, 15) is 19.2 Å². The van der Waals surface area contributed by atoms with Crippen LogP contribution in [0.3, 0.4) is 0 Å². The van der Waals surface area contributed by atoms with Gasteiger partial charge in [0, 0.05) is 58.5 Å². The van der Waals surface area contributed by atoms with E-state index in [4.69, 9.17) is 16.3 Å². The Bertz CT molecular complexity index is 1730. The molecule has 0 bridgehead atoms. The SMILES string of the molecule is CCCn1c(=O)[nH]c(=O)c2[nH]c(CC[C@H](OC)c3ccc(N(CCCN4CCCC4=O)C(=O)c4ccc(Cl)nc4)nc3)nc21. The van der Waals surface area contributed by atoms with Gasteiger partial charge in [0.25, 0.3) is 11.5 Å². The van der Waals surface area contributed by atoms with Crippen molar-refractivity contribution in [2.45, 2.75) is 58.1 Å². The first-order valence-electron chi connectivity index (χ1n) is 14.7.